The van der Waals surface area contributed by atoms with E-state index in [9.17, 15) is 19.5 Å². The Balaban J connectivity index is 2.05. The Kier molecular flexibility index (Phi) is 5.67. The van der Waals surface area contributed by atoms with Crippen LogP contribution in [0.5, 0.6) is 5.75 Å². The van der Waals surface area contributed by atoms with Crippen molar-refractivity contribution in [2.75, 3.05) is 12.0 Å². The number of nitrogens with zero attached hydrogens (tertiary/aromatic N) is 1. The highest BCUT2D eigenvalue weighted by Gasteiger charge is 2.35. The highest BCUT2D eigenvalue weighted by molar-refractivity contribution is 6.36. The highest BCUT2D eigenvalue weighted by Crippen LogP contribution is 2.41. The number of ether oxygens (including phenoxy) is 1. The van der Waals surface area contributed by atoms with Crippen molar-refractivity contribution in [1.82, 2.24) is 0 Å². The van der Waals surface area contributed by atoms with Gasteiger partial charge in [0, 0.05) is 27.5 Å². The van der Waals surface area contributed by atoms with Gasteiger partial charge in [-0.3, -0.25) is 14.4 Å². The van der Waals surface area contributed by atoms with Crippen molar-refractivity contribution in [3.8, 4) is 5.75 Å². The van der Waals surface area contributed by atoms with Gasteiger partial charge in [0.15, 0.2) is 5.78 Å². The fourth-order valence-electron chi connectivity index (χ4n) is 4.01. The summed E-state index contributed by atoms with van der Waals surface area (Å²) in [5.41, 5.74) is 1.40. The molecule has 0 unspecified atom stereocenters. The summed E-state index contributed by atoms with van der Waals surface area (Å²) in [5.74, 6) is -1.24. The zero-order chi connectivity index (χ0) is 23.7. The molecule has 0 saturated carbocycles. The monoisotopic (exact) mass is 439 g/mol. The first-order chi connectivity index (χ1) is 15.9. The van der Waals surface area contributed by atoms with Crippen LogP contribution in [0.1, 0.15) is 33.2 Å². The number of imide groups is 1. The second-order valence-corrected chi connectivity index (χ2v) is 7.42. The van der Waals surface area contributed by atoms with Gasteiger partial charge in [-0.1, -0.05) is 36.9 Å². The second kappa shape index (κ2) is 8.59. The molecule has 0 saturated heterocycles. The molecular formula is C27H21NO5. The van der Waals surface area contributed by atoms with E-state index in [1.54, 1.807) is 60.7 Å². The van der Waals surface area contributed by atoms with Crippen LogP contribution in [0.3, 0.4) is 0 Å². The minimum absolute atomic E-state index is 0.0667. The number of benzene rings is 3. The number of hydrogen-bond donors (Lipinski definition) is 1. The molecule has 33 heavy (non-hydrogen) atoms. The lowest BCUT2D eigenvalue weighted by atomic mass is 9.89. The first-order valence-corrected chi connectivity index (χ1v) is 10.2. The maximum atomic E-state index is 13.4. The van der Waals surface area contributed by atoms with Gasteiger partial charge in [0.25, 0.3) is 11.8 Å². The number of carbonyl (C=O) groups is 3. The van der Waals surface area contributed by atoms with Crippen LogP contribution in [0.15, 0.2) is 85.0 Å². The zero-order valence-corrected chi connectivity index (χ0v) is 18.2. The van der Waals surface area contributed by atoms with Gasteiger partial charge < -0.3 is 9.84 Å². The molecule has 6 nitrogen and oxygen atoms in total. The lowest BCUT2D eigenvalue weighted by molar-refractivity contribution is -0.113. The summed E-state index contributed by atoms with van der Waals surface area (Å²) in [6, 6.07) is 15.0. The summed E-state index contributed by atoms with van der Waals surface area (Å²) >= 11 is 0. The minimum Gasteiger partial charge on any atom is -0.507 e. The Morgan fingerprint density at radius 2 is 1.61 bits per heavy atom. The van der Waals surface area contributed by atoms with Crippen LogP contribution in [-0.2, 0) is 4.79 Å². The number of amides is 2. The molecule has 0 atom stereocenters. The van der Waals surface area contributed by atoms with Crippen LogP contribution in [0.2, 0.25) is 0 Å². The molecule has 6 heteroatoms. The molecule has 0 radical (unpaired) electrons. The van der Waals surface area contributed by atoms with E-state index < -0.39 is 11.8 Å². The van der Waals surface area contributed by atoms with E-state index in [0.29, 0.717) is 33.3 Å². The maximum Gasteiger partial charge on any atom is 0.265 e. The number of methoxy groups -OCH3 is 1. The normalized spacial score (nSPS) is 13.9. The summed E-state index contributed by atoms with van der Waals surface area (Å²) in [6.45, 7) is 4.93. The largest absolute Gasteiger partial charge is 0.507 e. The number of para-hydroxylation sites is 1. The Morgan fingerprint density at radius 1 is 0.970 bits per heavy atom. The molecule has 2 amide bonds. The van der Waals surface area contributed by atoms with Gasteiger partial charge >= 0.3 is 0 Å². The van der Waals surface area contributed by atoms with E-state index in [0.717, 1.165) is 4.90 Å². The van der Waals surface area contributed by atoms with Crippen molar-refractivity contribution < 1.29 is 24.2 Å². The van der Waals surface area contributed by atoms with E-state index in [2.05, 4.69) is 6.58 Å². The Bertz CT molecular complexity index is 1360. The van der Waals surface area contributed by atoms with Gasteiger partial charge in [-0.15, -0.1) is 0 Å². The Labute approximate surface area is 190 Å². The van der Waals surface area contributed by atoms with Gasteiger partial charge in [-0.2, -0.15) is 0 Å². The maximum absolute atomic E-state index is 13.4. The molecule has 4 rings (SSSR count). The van der Waals surface area contributed by atoms with Gasteiger partial charge in [-0.05, 0) is 49.4 Å². The summed E-state index contributed by atoms with van der Waals surface area (Å²) in [5, 5.41) is 11.8. The minimum atomic E-state index is -0.481. The number of aliphatic hydroxyl groups is 1. The summed E-state index contributed by atoms with van der Waals surface area (Å²) in [7, 11) is 1.46. The Hall–Kier alpha value is -4.45. The topological polar surface area (TPSA) is 83.9 Å². The van der Waals surface area contributed by atoms with Crippen molar-refractivity contribution in [1.29, 1.82) is 0 Å². The Morgan fingerprint density at radius 3 is 2.18 bits per heavy atom. The molecule has 1 aliphatic heterocycles. The third-order valence-electron chi connectivity index (χ3n) is 5.51. The molecule has 3 aromatic carbocycles. The molecule has 1 aliphatic rings. The number of Topliss-reactive ketones (excluding diaryl/α,β-unsaturated/α-hetero) is 1. The van der Waals surface area contributed by atoms with Crippen molar-refractivity contribution in [3.63, 3.8) is 0 Å². The van der Waals surface area contributed by atoms with Gasteiger partial charge in [0.1, 0.15) is 11.5 Å². The molecule has 164 valence electrons. The molecule has 1 heterocycles. The standard InChI is InChI=1S/C27H21NO5/c1-4-5-11-18(16(2)29)25(30)19-12-13-20-23-21(14-15-22(33-3)24(19)23)27(32)28(26(20)31)17-9-7-6-8-10-17/h4-15,30H,1H2,2-3H3/b11-5-,25-18?. The van der Waals surface area contributed by atoms with Gasteiger partial charge in [0.2, 0.25) is 0 Å². The van der Waals surface area contributed by atoms with Crippen molar-refractivity contribution in [2.24, 2.45) is 0 Å². The van der Waals surface area contributed by atoms with Crippen LogP contribution in [0, 0.1) is 0 Å². The molecular weight excluding hydrogens is 418 g/mol. The van der Waals surface area contributed by atoms with E-state index in [4.69, 9.17) is 4.74 Å². The molecule has 3 aromatic rings. The molecule has 0 fully saturated rings. The SMILES string of the molecule is C=C/C=C\C(C(C)=O)=C(O)c1ccc2c3c(ccc(OC)c13)C(=O)N(c1ccccc1)C2=O. The van der Waals surface area contributed by atoms with Crippen LogP contribution < -0.4 is 9.64 Å². The van der Waals surface area contributed by atoms with Crippen LogP contribution in [0.4, 0.5) is 5.69 Å². The highest BCUT2D eigenvalue weighted by atomic mass is 16.5. The average Bonchev–Trinajstić information content (AvgIpc) is 2.82. The number of rotatable bonds is 6. The van der Waals surface area contributed by atoms with E-state index in [-0.39, 0.29) is 22.7 Å². The molecule has 0 bridgehead atoms. The average molecular weight is 439 g/mol. The predicted molar refractivity (Wildman–Crippen MR) is 128 cm³/mol. The van der Waals surface area contributed by atoms with E-state index in [1.165, 1.54) is 26.2 Å². The zero-order valence-electron chi connectivity index (χ0n) is 18.2. The summed E-state index contributed by atoms with van der Waals surface area (Å²) in [6.07, 6.45) is 4.49. The van der Waals surface area contributed by atoms with Crippen molar-refractivity contribution >= 4 is 39.8 Å². The lowest BCUT2D eigenvalue weighted by Gasteiger charge is -2.28. The number of anilines is 1. The number of allylic oxidation sites excluding steroid dienone is 4. The molecule has 0 aliphatic carbocycles. The number of aliphatic hydroxyl groups excluding tert-OH is 1. The van der Waals surface area contributed by atoms with Crippen LogP contribution in [-0.4, -0.2) is 29.8 Å². The lowest BCUT2D eigenvalue weighted by Crippen LogP contribution is -2.40. The molecule has 0 aromatic heterocycles. The first-order valence-electron chi connectivity index (χ1n) is 10.2. The van der Waals surface area contributed by atoms with E-state index >= 15 is 0 Å². The molecule has 0 spiro atoms. The van der Waals surface area contributed by atoms with Crippen molar-refractivity contribution in [3.05, 3.63) is 102 Å². The predicted octanol–water partition coefficient (Wildman–Crippen LogP) is 5.25. The third kappa shape index (κ3) is 3.51. The number of ketones is 1. The number of hydrogen-bond acceptors (Lipinski definition) is 5. The van der Waals surface area contributed by atoms with Crippen LogP contribution in [0.25, 0.3) is 16.5 Å². The van der Waals surface area contributed by atoms with E-state index in [1.807, 2.05) is 0 Å². The van der Waals surface area contributed by atoms with Crippen molar-refractivity contribution in [2.45, 2.75) is 6.92 Å². The fraction of sp³-hybridized carbons (Fsp3) is 0.0741. The first kappa shape index (κ1) is 21.8. The quantitative estimate of drug-likeness (QED) is 0.245. The summed E-state index contributed by atoms with van der Waals surface area (Å²) < 4.78 is 5.51. The fourth-order valence-corrected chi connectivity index (χ4v) is 4.01. The van der Waals surface area contributed by atoms with Gasteiger partial charge in [-0.25, -0.2) is 4.90 Å². The third-order valence-corrected chi connectivity index (χ3v) is 5.51. The number of carbonyl (C=O) groups excluding carboxylic acids is 3. The molecule has 1 N–H and O–H groups in total. The smallest absolute Gasteiger partial charge is 0.265 e. The second-order valence-electron chi connectivity index (χ2n) is 7.42. The summed E-state index contributed by atoms with van der Waals surface area (Å²) in [4.78, 5) is 40.1. The van der Waals surface area contributed by atoms with Crippen LogP contribution >= 0.6 is 0 Å². The van der Waals surface area contributed by atoms with Gasteiger partial charge in [0.05, 0.1) is 18.4 Å².